The van der Waals surface area contributed by atoms with Gasteiger partial charge in [-0.1, -0.05) is 37.6 Å². The second-order valence-electron chi connectivity index (χ2n) is 4.43. The van der Waals surface area contributed by atoms with Crippen molar-refractivity contribution in [3.05, 3.63) is 59.1 Å². The van der Waals surface area contributed by atoms with Gasteiger partial charge in [-0.05, 0) is 54.3 Å². The summed E-state index contributed by atoms with van der Waals surface area (Å²) in [5, 5.41) is 0.717. The molecule has 1 unspecified atom stereocenters. The van der Waals surface area contributed by atoms with Crippen LogP contribution in [0.15, 0.2) is 48.5 Å². The molecule has 0 aliphatic carbocycles. The molecule has 0 aliphatic heterocycles. The second-order valence-corrected chi connectivity index (χ2v) is 4.87. The van der Waals surface area contributed by atoms with Gasteiger partial charge in [0.1, 0.15) is 11.5 Å². The molecule has 0 aromatic heterocycles. The average molecular weight is 261 g/mol. The fourth-order valence-corrected chi connectivity index (χ4v) is 1.86. The van der Waals surface area contributed by atoms with Crippen LogP contribution in [0.25, 0.3) is 0 Å². The molecule has 0 spiro atoms. The Hall–Kier alpha value is -1.47. The molecule has 0 saturated carbocycles. The van der Waals surface area contributed by atoms with Gasteiger partial charge in [-0.25, -0.2) is 0 Å². The van der Waals surface area contributed by atoms with E-state index in [9.17, 15) is 0 Å². The minimum absolute atomic E-state index is 0.592. The zero-order chi connectivity index (χ0) is 13.0. The Balaban J connectivity index is 2.08. The molecule has 0 amide bonds. The van der Waals surface area contributed by atoms with E-state index in [4.69, 9.17) is 16.3 Å². The molecule has 0 fully saturated rings. The van der Waals surface area contributed by atoms with Gasteiger partial charge in [-0.15, -0.1) is 0 Å². The lowest BCUT2D eigenvalue weighted by Gasteiger charge is -2.10. The van der Waals surface area contributed by atoms with Gasteiger partial charge < -0.3 is 4.74 Å². The highest BCUT2D eigenvalue weighted by Crippen LogP contribution is 2.25. The Kier molecular flexibility index (Phi) is 4.27. The molecule has 2 heteroatoms. The van der Waals surface area contributed by atoms with E-state index in [1.807, 2.05) is 36.4 Å². The number of rotatable bonds is 4. The average Bonchev–Trinajstić information content (AvgIpc) is 2.41. The maximum atomic E-state index is 5.83. The van der Waals surface area contributed by atoms with Gasteiger partial charge in [-0.3, -0.25) is 0 Å². The number of ether oxygens (including phenoxy) is 1. The molecule has 2 aromatic rings. The van der Waals surface area contributed by atoms with Crippen molar-refractivity contribution >= 4 is 11.6 Å². The predicted molar refractivity (Wildman–Crippen MR) is 76.7 cm³/mol. The fourth-order valence-electron chi connectivity index (χ4n) is 1.74. The molecule has 18 heavy (non-hydrogen) atoms. The van der Waals surface area contributed by atoms with E-state index in [0.717, 1.165) is 22.9 Å². The quantitative estimate of drug-likeness (QED) is 0.691. The van der Waals surface area contributed by atoms with Gasteiger partial charge in [0.05, 0.1) is 0 Å². The molecule has 2 aromatic carbocycles. The highest BCUT2D eigenvalue weighted by Gasteiger charge is 2.03. The van der Waals surface area contributed by atoms with Crippen LogP contribution in [0, 0.1) is 0 Å². The lowest BCUT2D eigenvalue weighted by molar-refractivity contribution is 0.482. The smallest absolute Gasteiger partial charge is 0.127 e. The molecular formula is C16H17ClO. The molecule has 94 valence electrons. The Morgan fingerprint density at radius 1 is 0.944 bits per heavy atom. The summed E-state index contributed by atoms with van der Waals surface area (Å²) in [7, 11) is 0. The van der Waals surface area contributed by atoms with Crippen molar-refractivity contribution in [2.45, 2.75) is 26.2 Å². The standard InChI is InChI=1S/C16H17ClO/c1-3-12(2)13-4-8-15(9-5-13)18-16-10-6-14(17)7-11-16/h4-12H,3H2,1-2H3. The van der Waals surface area contributed by atoms with E-state index < -0.39 is 0 Å². The molecule has 0 aliphatic rings. The van der Waals surface area contributed by atoms with Crippen molar-refractivity contribution in [1.29, 1.82) is 0 Å². The molecule has 0 radical (unpaired) electrons. The molecule has 0 bridgehead atoms. The van der Waals surface area contributed by atoms with Crippen LogP contribution in [-0.4, -0.2) is 0 Å². The molecule has 1 atom stereocenters. The van der Waals surface area contributed by atoms with Gasteiger partial charge in [0.25, 0.3) is 0 Å². The molecular weight excluding hydrogens is 244 g/mol. The normalized spacial score (nSPS) is 12.2. The first-order valence-electron chi connectivity index (χ1n) is 6.22. The highest BCUT2D eigenvalue weighted by molar-refractivity contribution is 6.30. The van der Waals surface area contributed by atoms with Crippen LogP contribution < -0.4 is 4.74 Å². The number of halogens is 1. The minimum Gasteiger partial charge on any atom is -0.457 e. The van der Waals surface area contributed by atoms with Crippen LogP contribution in [0.5, 0.6) is 11.5 Å². The zero-order valence-electron chi connectivity index (χ0n) is 10.7. The van der Waals surface area contributed by atoms with E-state index >= 15 is 0 Å². The van der Waals surface area contributed by atoms with Crippen molar-refractivity contribution in [3.8, 4) is 11.5 Å². The van der Waals surface area contributed by atoms with Crippen molar-refractivity contribution in [2.24, 2.45) is 0 Å². The summed E-state index contributed by atoms with van der Waals surface area (Å²) in [5.74, 6) is 2.25. The van der Waals surface area contributed by atoms with Gasteiger partial charge in [0.15, 0.2) is 0 Å². The van der Waals surface area contributed by atoms with Crippen LogP contribution in [0.2, 0.25) is 5.02 Å². The first-order chi connectivity index (χ1) is 8.69. The van der Waals surface area contributed by atoms with E-state index in [0.29, 0.717) is 5.92 Å². The van der Waals surface area contributed by atoms with Crippen LogP contribution in [0.1, 0.15) is 31.7 Å². The number of hydrogen-bond acceptors (Lipinski definition) is 1. The second kappa shape index (κ2) is 5.92. The van der Waals surface area contributed by atoms with Gasteiger partial charge in [0, 0.05) is 5.02 Å². The Labute approximate surface area is 113 Å². The summed E-state index contributed by atoms with van der Waals surface area (Å²) >= 11 is 5.83. The van der Waals surface area contributed by atoms with Crippen LogP contribution in [0.3, 0.4) is 0 Å². The van der Waals surface area contributed by atoms with Crippen LogP contribution >= 0.6 is 11.6 Å². The lowest BCUT2D eigenvalue weighted by atomic mass is 9.99. The number of benzene rings is 2. The van der Waals surface area contributed by atoms with Gasteiger partial charge in [-0.2, -0.15) is 0 Å². The fraction of sp³-hybridized carbons (Fsp3) is 0.250. The van der Waals surface area contributed by atoms with Gasteiger partial charge >= 0.3 is 0 Å². The van der Waals surface area contributed by atoms with Gasteiger partial charge in [0.2, 0.25) is 0 Å². The molecule has 0 saturated heterocycles. The Morgan fingerprint density at radius 2 is 1.44 bits per heavy atom. The van der Waals surface area contributed by atoms with Crippen molar-refractivity contribution in [1.82, 2.24) is 0 Å². The summed E-state index contributed by atoms with van der Waals surface area (Å²) in [6, 6.07) is 15.6. The molecule has 2 rings (SSSR count). The first kappa shape index (κ1) is 13.0. The zero-order valence-corrected chi connectivity index (χ0v) is 11.4. The predicted octanol–water partition coefficient (Wildman–Crippen LogP) is 5.65. The van der Waals surface area contributed by atoms with E-state index in [-0.39, 0.29) is 0 Å². The largest absolute Gasteiger partial charge is 0.457 e. The maximum absolute atomic E-state index is 5.83. The summed E-state index contributed by atoms with van der Waals surface area (Å²) in [6.07, 6.45) is 1.15. The molecule has 0 N–H and O–H groups in total. The van der Waals surface area contributed by atoms with Crippen molar-refractivity contribution in [3.63, 3.8) is 0 Å². The third kappa shape index (κ3) is 3.27. The summed E-state index contributed by atoms with van der Waals surface area (Å²) in [6.45, 7) is 4.43. The topological polar surface area (TPSA) is 9.23 Å². The Bertz CT molecular complexity index is 488. The van der Waals surface area contributed by atoms with Crippen molar-refractivity contribution < 1.29 is 4.74 Å². The minimum atomic E-state index is 0.592. The van der Waals surface area contributed by atoms with Crippen LogP contribution in [-0.2, 0) is 0 Å². The van der Waals surface area contributed by atoms with E-state index in [2.05, 4.69) is 26.0 Å². The third-order valence-electron chi connectivity index (χ3n) is 3.11. The maximum Gasteiger partial charge on any atom is 0.127 e. The first-order valence-corrected chi connectivity index (χ1v) is 6.60. The monoisotopic (exact) mass is 260 g/mol. The van der Waals surface area contributed by atoms with Crippen molar-refractivity contribution in [2.75, 3.05) is 0 Å². The van der Waals surface area contributed by atoms with E-state index in [1.54, 1.807) is 0 Å². The summed E-state index contributed by atoms with van der Waals surface area (Å²) < 4.78 is 5.74. The third-order valence-corrected chi connectivity index (χ3v) is 3.36. The summed E-state index contributed by atoms with van der Waals surface area (Å²) in [4.78, 5) is 0. The number of hydrogen-bond donors (Lipinski definition) is 0. The molecule has 1 nitrogen and oxygen atoms in total. The van der Waals surface area contributed by atoms with E-state index in [1.165, 1.54) is 5.56 Å². The SMILES string of the molecule is CCC(C)c1ccc(Oc2ccc(Cl)cc2)cc1. The van der Waals surface area contributed by atoms with Crippen LogP contribution in [0.4, 0.5) is 0 Å². The molecule has 0 heterocycles. The highest BCUT2D eigenvalue weighted by atomic mass is 35.5. The summed E-state index contributed by atoms with van der Waals surface area (Å²) in [5.41, 5.74) is 1.35. The lowest BCUT2D eigenvalue weighted by Crippen LogP contribution is -1.91. The Morgan fingerprint density at radius 3 is 1.94 bits per heavy atom.